The predicted molar refractivity (Wildman–Crippen MR) is 176 cm³/mol. The van der Waals surface area contributed by atoms with E-state index in [-0.39, 0.29) is 5.56 Å². The summed E-state index contributed by atoms with van der Waals surface area (Å²) < 4.78 is 34.5. The fraction of sp³-hybridized carbons (Fsp3) is 0.514. The molecule has 2 aliphatic carbocycles. The van der Waals surface area contributed by atoms with E-state index in [1.807, 2.05) is 0 Å². The Balaban J connectivity index is 2.52. The molecule has 1 aromatic carbocycles. The molecule has 1 aromatic rings. The Morgan fingerprint density at radius 1 is 0.686 bits per heavy atom. The van der Waals surface area contributed by atoms with Gasteiger partial charge in [-0.2, -0.15) is 0 Å². The van der Waals surface area contributed by atoms with Crippen molar-refractivity contribution in [1.29, 1.82) is 0 Å². The van der Waals surface area contributed by atoms with E-state index in [9.17, 15) is 38.4 Å². The van der Waals surface area contributed by atoms with Crippen molar-refractivity contribution < 1.29 is 66.8 Å². The molecular weight excluding hydrogens is 668 g/mol. The number of hydrogen-bond donors (Lipinski definition) is 0. The van der Waals surface area contributed by atoms with E-state index in [1.54, 1.807) is 18.2 Å². The number of benzene rings is 1. The van der Waals surface area contributed by atoms with Gasteiger partial charge in [-0.25, -0.2) is 4.79 Å². The predicted octanol–water partition coefficient (Wildman–Crippen LogP) is 3.58. The van der Waals surface area contributed by atoms with Crippen LogP contribution in [0.2, 0.25) is 0 Å². The van der Waals surface area contributed by atoms with Crippen LogP contribution in [0.25, 0.3) is 0 Å². The quantitative estimate of drug-likeness (QED) is 0.226. The molecule has 0 amide bonds. The van der Waals surface area contributed by atoms with E-state index >= 15 is 0 Å². The summed E-state index contributed by atoms with van der Waals surface area (Å²) in [6.07, 6.45) is -5.20. The minimum Gasteiger partial charge on any atom is -0.458 e. The van der Waals surface area contributed by atoms with E-state index < -0.39 is 112 Å². The number of ether oxygens (including phenoxy) is 6. The number of fused-ring (bicyclic) bond motifs is 1. The van der Waals surface area contributed by atoms with Gasteiger partial charge in [-0.1, -0.05) is 43.9 Å². The maximum atomic E-state index is 14.9. The molecule has 0 radical (unpaired) electrons. The van der Waals surface area contributed by atoms with Gasteiger partial charge in [0.05, 0.1) is 11.5 Å². The van der Waals surface area contributed by atoms with Gasteiger partial charge in [0.2, 0.25) is 6.10 Å². The van der Waals surface area contributed by atoms with Crippen LogP contribution in [0, 0.1) is 17.3 Å². The van der Waals surface area contributed by atoms with Crippen LogP contribution >= 0.6 is 0 Å². The van der Waals surface area contributed by atoms with Crippen LogP contribution in [0.3, 0.4) is 0 Å². The molecule has 0 bridgehead atoms. The fourth-order valence-electron chi connectivity index (χ4n) is 6.71. The Kier molecular flexibility index (Phi) is 12.2. The van der Waals surface area contributed by atoms with Crippen molar-refractivity contribution in [3.63, 3.8) is 0 Å². The van der Waals surface area contributed by atoms with E-state index in [1.165, 1.54) is 52.0 Å². The molecule has 276 valence electrons. The molecule has 0 heterocycles. The maximum absolute atomic E-state index is 14.9. The van der Waals surface area contributed by atoms with Crippen molar-refractivity contribution in [3.05, 3.63) is 60.2 Å². The molecule has 1 saturated carbocycles. The zero-order valence-corrected chi connectivity index (χ0v) is 30.1. The third-order valence-electron chi connectivity index (χ3n) is 8.77. The van der Waals surface area contributed by atoms with Crippen LogP contribution in [0.1, 0.15) is 79.1 Å². The first-order valence-electron chi connectivity index (χ1n) is 16.2. The number of hydrogen-bond acceptors (Lipinski definition) is 14. The third kappa shape index (κ3) is 8.78. The highest BCUT2D eigenvalue weighted by Crippen LogP contribution is 2.54. The SMILES string of the molecule is C=C1[C@H](OC(C)=O)[C@H]2[C@@H](OC(C)=O)[C@](C)(OC(=O)c3ccccc3)C[C@]2(OC(C)=O)C(=O)[C@@H](C)/C=C/C(C)(C)C(=O)[C@H](OC(C)=O)[C@H]1OC(C)=O. The van der Waals surface area contributed by atoms with Crippen LogP contribution in [-0.2, 0) is 62.0 Å². The van der Waals surface area contributed by atoms with Crippen LogP contribution in [0.4, 0.5) is 0 Å². The minimum atomic E-state index is -2.39. The smallest absolute Gasteiger partial charge is 0.338 e. The molecule has 0 N–H and O–H groups in total. The average Bonchev–Trinajstić information content (AvgIpc) is 3.24. The number of carbonyl (C=O) groups is 8. The van der Waals surface area contributed by atoms with Gasteiger partial charge >= 0.3 is 35.8 Å². The molecule has 0 aliphatic heterocycles. The molecular formula is C37H44O14. The standard InChI is InChI=1S/C37H44O14/c1-19-16-17-35(8,9)32(44)30(48-23(5)40)29(47-22(4)39)20(2)28(46-21(3)38)27-33(49-24(6)41)36(10,18-37(27,31(19)43)50-25(7)42)51-34(45)26-14-12-11-13-15-26/h11-17,19,27-30,33H,2,18H2,1,3-10H3/b17-16+/t19-,27-,28-,29-,30+,33+,36+,37+/m0/s1. The lowest BCUT2D eigenvalue weighted by Gasteiger charge is -2.42. The zero-order chi connectivity index (χ0) is 38.6. The Morgan fingerprint density at radius 2 is 1.20 bits per heavy atom. The third-order valence-corrected chi connectivity index (χ3v) is 8.77. The Labute approximate surface area is 295 Å². The van der Waals surface area contributed by atoms with Gasteiger partial charge in [0.15, 0.2) is 35.0 Å². The minimum absolute atomic E-state index is 0.0937. The molecule has 14 nitrogen and oxygen atoms in total. The number of rotatable bonds is 7. The first kappa shape index (κ1) is 40.3. The highest BCUT2D eigenvalue weighted by molar-refractivity contribution is 5.96. The lowest BCUT2D eigenvalue weighted by molar-refractivity contribution is -0.188. The monoisotopic (exact) mass is 712 g/mol. The number of carbonyl (C=O) groups excluding carboxylic acids is 8. The summed E-state index contributed by atoms with van der Waals surface area (Å²) >= 11 is 0. The van der Waals surface area contributed by atoms with Gasteiger partial charge in [-0.15, -0.1) is 0 Å². The topological polar surface area (TPSA) is 192 Å². The van der Waals surface area contributed by atoms with Gasteiger partial charge in [0, 0.05) is 57.9 Å². The lowest BCUT2D eigenvalue weighted by Crippen LogP contribution is -2.58. The van der Waals surface area contributed by atoms with E-state index in [0.717, 1.165) is 34.6 Å². The van der Waals surface area contributed by atoms with Crippen molar-refractivity contribution in [2.45, 2.75) is 104 Å². The van der Waals surface area contributed by atoms with E-state index in [0.29, 0.717) is 0 Å². The first-order valence-corrected chi connectivity index (χ1v) is 16.2. The Hall–Kier alpha value is -5.14. The van der Waals surface area contributed by atoms with Crippen LogP contribution < -0.4 is 0 Å². The molecule has 1 fully saturated rings. The summed E-state index contributed by atoms with van der Waals surface area (Å²) in [4.78, 5) is 106. The molecule has 0 saturated heterocycles. The van der Waals surface area contributed by atoms with Crippen molar-refractivity contribution in [3.8, 4) is 0 Å². The molecule has 3 rings (SSSR count). The molecule has 0 unspecified atom stereocenters. The fourth-order valence-corrected chi connectivity index (χ4v) is 6.71. The highest BCUT2D eigenvalue weighted by atomic mass is 16.6. The second kappa shape index (κ2) is 15.4. The van der Waals surface area contributed by atoms with Crippen LogP contribution in [0.5, 0.6) is 0 Å². The second-order valence-electron chi connectivity index (χ2n) is 13.5. The van der Waals surface area contributed by atoms with Crippen molar-refractivity contribution in [2.75, 3.05) is 0 Å². The van der Waals surface area contributed by atoms with Gasteiger partial charge in [0.25, 0.3) is 0 Å². The normalized spacial score (nSPS) is 31.0. The number of ketones is 2. The molecule has 8 atom stereocenters. The summed E-state index contributed by atoms with van der Waals surface area (Å²) in [5.74, 6) is -10.2. The second-order valence-corrected chi connectivity index (χ2v) is 13.5. The van der Waals surface area contributed by atoms with Gasteiger partial charge in [0.1, 0.15) is 6.10 Å². The summed E-state index contributed by atoms with van der Waals surface area (Å²) in [6.45, 7) is 14.9. The van der Waals surface area contributed by atoms with Crippen molar-refractivity contribution >= 4 is 47.4 Å². The van der Waals surface area contributed by atoms with E-state index in [2.05, 4.69) is 6.58 Å². The van der Waals surface area contributed by atoms with Crippen LogP contribution in [-0.4, -0.2) is 83.0 Å². The molecule has 51 heavy (non-hydrogen) atoms. The Morgan fingerprint density at radius 3 is 1.71 bits per heavy atom. The zero-order valence-electron chi connectivity index (χ0n) is 30.1. The van der Waals surface area contributed by atoms with Gasteiger partial charge in [-0.3, -0.25) is 33.6 Å². The molecule has 14 heteroatoms. The summed E-state index contributed by atoms with van der Waals surface area (Å²) in [6, 6.07) is 7.77. The van der Waals surface area contributed by atoms with Crippen LogP contribution in [0.15, 0.2) is 54.6 Å². The molecule has 0 aromatic heterocycles. The lowest BCUT2D eigenvalue weighted by atomic mass is 9.72. The van der Waals surface area contributed by atoms with Gasteiger partial charge < -0.3 is 28.4 Å². The first-order chi connectivity index (χ1) is 23.6. The average molecular weight is 713 g/mol. The number of allylic oxidation sites excluding steroid dienone is 2. The van der Waals surface area contributed by atoms with Crippen molar-refractivity contribution in [1.82, 2.24) is 0 Å². The summed E-state index contributed by atoms with van der Waals surface area (Å²) in [5, 5.41) is 0. The summed E-state index contributed by atoms with van der Waals surface area (Å²) in [7, 11) is 0. The van der Waals surface area contributed by atoms with Gasteiger partial charge in [-0.05, 0) is 32.9 Å². The van der Waals surface area contributed by atoms with Crippen molar-refractivity contribution in [2.24, 2.45) is 17.3 Å². The molecule has 2 aliphatic rings. The Bertz CT molecular complexity index is 1640. The summed E-state index contributed by atoms with van der Waals surface area (Å²) in [5.41, 5.74) is -6.16. The largest absolute Gasteiger partial charge is 0.458 e. The van der Waals surface area contributed by atoms with E-state index in [4.69, 9.17) is 28.4 Å². The number of esters is 6. The molecule has 0 spiro atoms. The number of Topliss-reactive ketones (excluding diaryl/α,β-unsaturated/α-hetero) is 2. The highest BCUT2D eigenvalue weighted by Gasteiger charge is 2.72. The maximum Gasteiger partial charge on any atom is 0.338 e.